The molecule has 34 heavy (non-hydrogen) atoms. The molecular formula is C27H27N5O2. The normalized spacial score (nSPS) is 14.0. The second kappa shape index (κ2) is 9.49. The molecule has 0 atom stereocenters. The van der Waals surface area contributed by atoms with Gasteiger partial charge in [-0.25, -0.2) is 4.68 Å². The summed E-state index contributed by atoms with van der Waals surface area (Å²) >= 11 is 0. The molecule has 0 aliphatic heterocycles. The highest BCUT2D eigenvalue weighted by Crippen LogP contribution is 2.34. The fourth-order valence-electron chi connectivity index (χ4n) is 4.22. The molecule has 0 amide bonds. The molecule has 7 nitrogen and oxygen atoms in total. The minimum atomic E-state index is 0.644. The number of pyridine rings is 1. The number of nitrogens with zero attached hydrogens (tertiary/aromatic N) is 5. The Labute approximate surface area is 198 Å². The lowest BCUT2D eigenvalue weighted by atomic mass is 9.99. The summed E-state index contributed by atoms with van der Waals surface area (Å²) in [5, 5.41) is 17.7. The summed E-state index contributed by atoms with van der Waals surface area (Å²) in [6.45, 7) is 1.51. The molecule has 0 saturated heterocycles. The zero-order chi connectivity index (χ0) is 23.5. The molecule has 0 bridgehead atoms. The average molecular weight is 454 g/mol. The molecule has 2 aromatic heterocycles. The van der Waals surface area contributed by atoms with Gasteiger partial charge in [0.25, 0.3) is 0 Å². The number of ether oxygens (including phenoxy) is 1. The van der Waals surface area contributed by atoms with Crippen LogP contribution in [0.5, 0.6) is 5.75 Å². The maximum Gasteiger partial charge on any atom is 0.119 e. The van der Waals surface area contributed by atoms with Crippen molar-refractivity contribution in [3.63, 3.8) is 0 Å². The Morgan fingerprint density at radius 2 is 1.76 bits per heavy atom. The molecule has 172 valence electrons. The standard InChI is InChI=1S/C27H27N5O2/c1-31(2)15-16-34-23-7-5-22(6-8-23)32-18-25(19-11-13-28-14-12-19)27(29-32)21-3-9-24-20(17-21)4-10-26(24)30-33/h3,5-9,11-14,17-18,33H,4,10,15-16H2,1-2H3/b30-26-. The molecule has 1 N–H and O–H groups in total. The summed E-state index contributed by atoms with van der Waals surface area (Å²) in [6.07, 6.45) is 7.26. The van der Waals surface area contributed by atoms with Crippen molar-refractivity contribution in [1.82, 2.24) is 19.7 Å². The Bertz CT molecular complexity index is 1310. The van der Waals surface area contributed by atoms with Crippen LogP contribution in [0.1, 0.15) is 17.5 Å². The molecule has 1 aliphatic carbocycles. The number of hydrogen-bond acceptors (Lipinski definition) is 6. The molecule has 0 fully saturated rings. The smallest absolute Gasteiger partial charge is 0.119 e. The van der Waals surface area contributed by atoms with E-state index in [2.05, 4.69) is 27.3 Å². The number of fused-ring (bicyclic) bond motifs is 1. The monoisotopic (exact) mass is 453 g/mol. The Morgan fingerprint density at radius 1 is 0.971 bits per heavy atom. The Kier molecular flexibility index (Phi) is 6.10. The van der Waals surface area contributed by atoms with Crippen molar-refractivity contribution in [3.05, 3.63) is 84.3 Å². The van der Waals surface area contributed by atoms with Crippen molar-refractivity contribution >= 4 is 5.71 Å². The van der Waals surface area contributed by atoms with Gasteiger partial charge in [-0.15, -0.1) is 0 Å². The molecular weight excluding hydrogens is 426 g/mol. The lowest BCUT2D eigenvalue weighted by molar-refractivity contribution is 0.261. The fourth-order valence-corrected chi connectivity index (χ4v) is 4.22. The highest BCUT2D eigenvalue weighted by Gasteiger charge is 2.21. The van der Waals surface area contributed by atoms with Gasteiger partial charge in [0.05, 0.1) is 11.4 Å². The van der Waals surface area contributed by atoms with Gasteiger partial charge in [-0.05, 0) is 80.5 Å². The van der Waals surface area contributed by atoms with Gasteiger partial charge in [0.15, 0.2) is 0 Å². The molecule has 2 heterocycles. The summed E-state index contributed by atoms with van der Waals surface area (Å²) in [4.78, 5) is 6.26. The summed E-state index contributed by atoms with van der Waals surface area (Å²) in [7, 11) is 4.06. The fraction of sp³-hybridized carbons (Fsp3) is 0.222. The third-order valence-corrected chi connectivity index (χ3v) is 6.06. The van der Waals surface area contributed by atoms with Crippen LogP contribution >= 0.6 is 0 Å². The van der Waals surface area contributed by atoms with Crippen LogP contribution in [-0.2, 0) is 6.42 Å². The van der Waals surface area contributed by atoms with Gasteiger partial charge < -0.3 is 14.8 Å². The second-order valence-electron chi connectivity index (χ2n) is 8.64. The molecule has 4 aromatic rings. The second-order valence-corrected chi connectivity index (χ2v) is 8.64. The third-order valence-electron chi connectivity index (χ3n) is 6.06. The van der Waals surface area contributed by atoms with E-state index in [0.29, 0.717) is 6.61 Å². The lowest BCUT2D eigenvalue weighted by Crippen LogP contribution is -2.19. The molecule has 0 spiro atoms. The molecule has 2 aromatic carbocycles. The van der Waals surface area contributed by atoms with E-state index in [1.54, 1.807) is 12.4 Å². The van der Waals surface area contributed by atoms with Gasteiger partial charge in [0.2, 0.25) is 0 Å². The minimum absolute atomic E-state index is 0.644. The lowest BCUT2D eigenvalue weighted by Gasteiger charge is -2.11. The van der Waals surface area contributed by atoms with Crippen molar-refractivity contribution in [2.45, 2.75) is 12.8 Å². The number of aryl methyl sites for hydroxylation is 1. The van der Waals surface area contributed by atoms with E-state index in [0.717, 1.165) is 64.5 Å². The number of benzene rings is 2. The van der Waals surface area contributed by atoms with Crippen LogP contribution in [0.2, 0.25) is 0 Å². The van der Waals surface area contributed by atoms with Crippen LogP contribution in [0.3, 0.4) is 0 Å². The van der Waals surface area contributed by atoms with Crippen molar-refractivity contribution < 1.29 is 9.94 Å². The first-order valence-corrected chi connectivity index (χ1v) is 11.3. The first-order chi connectivity index (χ1) is 16.6. The van der Waals surface area contributed by atoms with Gasteiger partial charge in [-0.2, -0.15) is 5.10 Å². The molecule has 1 aliphatic rings. The number of likely N-dealkylation sites (N-methyl/N-ethyl adjacent to an activating group) is 1. The average Bonchev–Trinajstić information content (AvgIpc) is 3.49. The van der Waals surface area contributed by atoms with Crippen LogP contribution in [0.25, 0.3) is 28.1 Å². The van der Waals surface area contributed by atoms with E-state index < -0.39 is 0 Å². The molecule has 7 heteroatoms. The maximum absolute atomic E-state index is 9.27. The number of rotatable bonds is 7. The summed E-state index contributed by atoms with van der Waals surface area (Å²) in [5.74, 6) is 0.840. The van der Waals surface area contributed by atoms with Crippen LogP contribution < -0.4 is 4.74 Å². The molecule has 0 saturated carbocycles. The van der Waals surface area contributed by atoms with E-state index in [4.69, 9.17) is 9.84 Å². The van der Waals surface area contributed by atoms with Crippen molar-refractivity contribution in [2.75, 3.05) is 27.2 Å². The van der Waals surface area contributed by atoms with E-state index in [1.807, 2.05) is 67.3 Å². The van der Waals surface area contributed by atoms with E-state index in [9.17, 15) is 5.21 Å². The first-order valence-electron chi connectivity index (χ1n) is 11.3. The Balaban J connectivity index is 1.50. The number of oxime groups is 1. The van der Waals surface area contributed by atoms with Crippen LogP contribution in [0.4, 0.5) is 0 Å². The van der Waals surface area contributed by atoms with Gasteiger partial charge in [-0.3, -0.25) is 4.98 Å². The highest BCUT2D eigenvalue weighted by molar-refractivity contribution is 6.04. The topological polar surface area (TPSA) is 75.8 Å². The highest BCUT2D eigenvalue weighted by atomic mass is 16.5. The van der Waals surface area contributed by atoms with Gasteiger partial charge >= 0.3 is 0 Å². The van der Waals surface area contributed by atoms with Crippen molar-refractivity contribution in [1.29, 1.82) is 0 Å². The number of aromatic nitrogens is 3. The molecule has 5 rings (SSSR count). The van der Waals surface area contributed by atoms with Crippen molar-refractivity contribution in [3.8, 4) is 33.8 Å². The summed E-state index contributed by atoms with van der Waals surface area (Å²) < 4.78 is 7.74. The first kappa shape index (κ1) is 21.9. The van der Waals surface area contributed by atoms with Crippen LogP contribution in [0.15, 0.2) is 78.3 Å². The predicted molar refractivity (Wildman–Crippen MR) is 133 cm³/mol. The molecule has 0 radical (unpaired) electrons. The van der Waals surface area contributed by atoms with Gasteiger partial charge in [0.1, 0.15) is 18.1 Å². The third kappa shape index (κ3) is 4.43. The largest absolute Gasteiger partial charge is 0.492 e. The van der Waals surface area contributed by atoms with Crippen molar-refractivity contribution in [2.24, 2.45) is 5.16 Å². The zero-order valence-corrected chi connectivity index (χ0v) is 19.3. The predicted octanol–water partition coefficient (Wildman–Crippen LogP) is 4.67. The summed E-state index contributed by atoms with van der Waals surface area (Å²) in [5.41, 5.74) is 7.91. The van der Waals surface area contributed by atoms with Crippen LogP contribution in [0, 0.1) is 0 Å². The Hall–Kier alpha value is -3.97. The van der Waals surface area contributed by atoms with E-state index >= 15 is 0 Å². The van der Waals surface area contributed by atoms with E-state index in [-0.39, 0.29) is 0 Å². The Morgan fingerprint density at radius 3 is 2.50 bits per heavy atom. The maximum atomic E-state index is 9.27. The SMILES string of the molecule is CN(C)CCOc1ccc(-n2cc(-c3ccncc3)c(-c3ccc4c(c3)CC/C4=N/O)n2)cc1. The minimum Gasteiger partial charge on any atom is -0.492 e. The molecule has 0 unspecified atom stereocenters. The van der Waals surface area contributed by atoms with Crippen LogP contribution in [-0.4, -0.2) is 57.8 Å². The zero-order valence-electron chi connectivity index (χ0n) is 19.3. The van der Waals surface area contributed by atoms with Gasteiger partial charge in [-0.1, -0.05) is 17.3 Å². The number of hydrogen-bond donors (Lipinski definition) is 1. The quantitative estimate of drug-likeness (QED) is 0.325. The summed E-state index contributed by atoms with van der Waals surface area (Å²) in [6, 6.07) is 18.2. The van der Waals surface area contributed by atoms with Gasteiger partial charge in [0, 0.05) is 41.8 Å². The van der Waals surface area contributed by atoms with E-state index in [1.165, 1.54) is 5.56 Å².